The van der Waals surface area contributed by atoms with Crippen LogP contribution in [0.3, 0.4) is 0 Å². The van der Waals surface area contributed by atoms with E-state index >= 15 is 0 Å². The fraction of sp³-hybridized carbons (Fsp3) is 0.0385. The molecule has 0 atom stereocenters. The third kappa shape index (κ3) is 4.04. The summed E-state index contributed by atoms with van der Waals surface area (Å²) < 4.78 is 2.20. The number of rotatable bonds is 4. The molecule has 4 aromatic carbocycles. The van der Waals surface area contributed by atoms with Gasteiger partial charge < -0.3 is 0 Å². The third-order valence-corrected chi connectivity index (χ3v) is 8.05. The Hall–Kier alpha value is -2.53. The zero-order valence-corrected chi connectivity index (χ0v) is 18.8. The van der Waals surface area contributed by atoms with Crippen molar-refractivity contribution in [2.45, 2.75) is 26.5 Å². The maximum absolute atomic E-state index is 10.8. The molecule has 4 heteroatoms. The predicted molar refractivity (Wildman–Crippen MR) is 130 cm³/mol. The molecule has 0 radical (unpaired) electrons. The standard InChI is InChI=1S/C26H18OS3/c1-17-6-8-18(9-7-17)28-19-10-12-20(13-11-19)29-21-14-15-25-23(16-21)26(27)22-4-2-3-5-24(22)30-25/h2-16H,1H3/p+1. The first-order valence-corrected chi connectivity index (χ1v) is 12.1. The van der Waals surface area contributed by atoms with Crippen LogP contribution in [0.4, 0.5) is 0 Å². The highest BCUT2D eigenvalue weighted by molar-refractivity contribution is 7.99. The average molecular weight is 444 g/mol. The lowest BCUT2D eigenvalue weighted by Crippen LogP contribution is -2.03. The van der Waals surface area contributed by atoms with Gasteiger partial charge in [-0.1, -0.05) is 53.4 Å². The molecule has 5 rings (SSSR count). The number of hydrogen-bond acceptors (Lipinski definition) is 3. The van der Waals surface area contributed by atoms with Crippen LogP contribution in [-0.2, 0) is 0 Å². The average Bonchev–Trinajstić information content (AvgIpc) is 2.77. The zero-order chi connectivity index (χ0) is 20.5. The smallest absolute Gasteiger partial charge is 0.273 e. The molecule has 0 bridgehead atoms. The van der Waals surface area contributed by atoms with Crippen molar-refractivity contribution in [3.63, 3.8) is 0 Å². The Morgan fingerprint density at radius 2 is 1.13 bits per heavy atom. The molecule has 0 unspecified atom stereocenters. The SMILES string of the molecule is Cc1ccc(Sc2ccc(Sc3ccc4sc5ccccc5c(=[OH+])c4c3)cc2)cc1. The first-order valence-electron chi connectivity index (χ1n) is 9.66. The van der Waals surface area contributed by atoms with Gasteiger partial charge in [0.1, 0.15) is 0 Å². The van der Waals surface area contributed by atoms with Crippen molar-refractivity contribution in [1.82, 2.24) is 0 Å². The molecule has 0 aliphatic rings. The zero-order valence-electron chi connectivity index (χ0n) is 16.3. The van der Waals surface area contributed by atoms with Crippen LogP contribution in [0.25, 0.3) is 20.2 Å². The predicted octanol–water partition coefficient (Wildman–Crippen LogP) is 7.67. The van der Waals surface area contributed by atoms with E-state index in [1.54, 1.807) is 34.9 Å². The quantitative estimate of drug-likeness (QED) is 0.210. The summed E-state index contributed by atoms with van der Waals surface area (Å²) in [7, 11) is 0. The summed E-state index contributed by atoms with van der Waals surface area (Å²) in [6.07, 6.45) is 0. The van der Waals surface area contributed by atoms with Crippen molar-refractivity contribution >= 4 is 55.0 Å². The van der Waals surface area contributed by atoms with Crippen molar-refractivity contribution < 1.29 is 4.79 Å². The molecule has 30 heavy (non-hydrogen) atoms. The fourth-order valence-electron chi connectivity index (χ4n) is 3.32. The van der Waals surface area contributed by atoms with Crippen LogP contribution in [0, 0.1) is 6.92 Å². The summed E-state index contributed by atoms with van der Waals surface area (Å²) in [6, 6.07) is 31.6. The molecule has 0 spiro atoms. The molecule has 0 saturated heterocycles. The van der Waals surface area contributed by atoms with Gasteiger partial charge in [-0.05, 0) is 73.7 Å². The Bertz CT molecular complexity index is 1400. The second kappa shape index (κ2) is 8.31. The lowest BCUT2D eigenvalue weighted by Gasteiger charge is -2.06. The normalized spacial score (nSPS) is 11.2. The molecule has 0 aliphatic carbocycles. The Labute approximate surface area is 187 Å². The largest absolute Gasteiger partial charge is 0.357 e. The molecule has 1 N–H and O–H groups in total. The number of hydrogen-bond donors (Lipinski definition) is 0. The van der Waals surface area contributed by atoms with E-state index in [0.29, 0.717) is 5.43 Å². The first-order chi connectivity index (χ1) is 14.7. The molecule has 0 fully saturated rings. The highest BCUT2D eigenvalue weighted by Crippen LogP contribution is 2.34. The van der Waals surface area contributed by atoms with Crippen LogP contribution in [0.5, 0.6) is 0 Å². The van der Waals surface area contributed by atoms with Gasteiger partial charge in [0, 0.05) is 29.0 Å². The monoisotopic (exact) mass is 443 g/mol. The fourth-order valence-corrected chi connectivity index (χ4v) is 6.05. The van der Waals surface area contributed by atoms with E-state index in [2.05, 4.69) is 79.7 Å². The van der Waals surface area contributed by atoms with Gasteiger partial charge in [0.25, 0.3) is 0 Å². The molecular formula is C26H19OS3+. The number of benzene rings is 4. The Kier molecular flexibility index (Phi) is 5.38. The van der Waals surface area contributed by atoms with E-state index in [-0.39, 0.29) is 0 Å². The van der Waals surface area contributed by atoms with Crippen LogP contribution in [0.1, 0.15) is 5.56 Å². The Morgan fingerprint density at radius 1 is 0.600 bits per heavy atom. The van der Waals surface area contributed by atoms with Crippen LogP contribution in [-0.4, -0.2) is 4.79 Å². The van der Waals surface area contributed by atoms with Crippen molar-refractivity contribution in [1.29, 1.82) is 0 Å². The molecule has 1 nitrogen and oxygen atoms in total. The number of fused-ring (bicyclic) bond motifs is 2. The van der Waals surface area contributed by atoms with Gasteiger partial charge in [0.05, 0.1) is 10.8 Å². The first kappa shape index (κ1) is 19.4. The van der Waals surface area contributed by atoms with E-state index in [4.69, 9.17) is 0 Å². The van der Waals surface area contributed by atoms with Gasteiger partial charge in [-0.15, -0.1) is 11.3 Å². The summed E-state index contributed by atoms with van der Waals surface area (Å²) in [5, 5.41) is 1.82. The van der Waals surface area contributed by atoms with E-state index in [9.17, 15) is 4.79 Å². The van der Waals surface area contributed by atoms with Crippen molar-refractivity contribution in [2.24, 2.45) is 0 Å². The summed E-state index contributed by atoms with van der Waals surface area (Å²) in [6.45, 7) is 2.11. The van der Waals surface area contributed by atoms with Gasteiger partial charge in [-0.2, -0.15) is 0 Å². The molecular weight excluding hydrogens is 424 g/mol. The summed E-state index contributed by atoms with van der Waals surface area (Å²) in [5.74, 6) is 0. The van der Waals surface area contributed by atoms with E-state index in [1.807, 2.05) is 18.2 Å². The topological polar surface area (TPSA) is 21.4 Å². The highest BCUT2D eigenvalue weighted by atomic mass is 32.2. The molecule has 146 valence electrons. The van der Waals surface area contributed by atoms with Gasteiger partial charge >= 0.3 is 5.43 Å². The van der Waals surface area contributed by atoms with E-state index in [0.717, 1.165) is 25.1 Å². The summed E-state index contributed by atoms with van der Waals surface area (Å²) in [5.41, 5.74) is 1.65. The van der Waals surface area contributed by atoms with Crippen molar-refractivity contribution in [3.05, 3.63) is 102 Å². The second-order valence-corrected chi connectivity index (χ2v) is 10.5. The molecule has 5 aromatic rings. The maximum atomic E-state index is 10.8. The minimum atomic E-state index is 0.367. The second-order valence-electron chi connectivity index (χ2n) is 7.09. The van der Waals surface area contributed by atoms with Crippen LogP contribution >= 0.6 is 34.9 Å². The van der Waals surface area contributed by atoms with Crippen LogP contribution < -0.4 is 5.43 Å². The summed E-state index contributed by atoms with van der Waals surface area (Å²) >= 11 is 5.21. The molecule has 0 amide bonds. The molecule has 0 aliphatic heterocycles. The van der Waals surface area contributed by atoms with Crippen molar-refractivity contribution in [2.75, 3.05) is 0 Å². The third-order valence-electron chi connectivity index (χ3n) is 4.88. The van der Waals surface area contributed by atoms with Gasteiger partial charge in [0.15, 0.2) is 0 Å². The Balaban J connectivity index is 1.39. The minimum absolute atomic E-state index is 0.367. The Morgan fingerprint density at radius 3 is 1.83 bits per heavy atom. The molecule has 1 aromatic heterocycles. The van der Waals surface area contributed by atoms with E-state index < -0.39 is 0 Å². The maximum Gasteiger partial charge on any atom is 0.357 e. The lowest BCUT2D eigenvalue weighted by molar-refractivity contribution is 0.590. The minimum Gasteiger partial charge on any atom is -0.273 e. The highest BCUT2D eigenvalue weighted by Gasteiger charge is 2.11. The van der Waals surface area contributed by atoms with Gasteiger partial charge in [-0.3, -0.25) is 4.79 Å². The van der Waals surface area contributed by atoms with Gasteiger partial charge in [-0.25, -0.2) is 0 Å². The van der Waals surface area contributed by atoms with Crippen LogP contribution in [0.2, 0.25) is 0 Å². The molecule has 1 heterocycles. The summed E-state index contributed by atoms with van der Waals surface area (Å²) in [4.78, 5) is 15.6. The number of aryl methyl sites for hydroxylation is 1. The van der Waals surface area contributed by atoms with Gasteiger partial charge in [0.2, 0.25) is 0 Å². The van der Waals surface area contributed by atoms with E-state index in [1.165, 1.54) is 20.2 Å². The van der Waals surface area contributed by atoms with Crippen molar-refractivity contribution in [3.8, 4) is 0 Å². The lowest BCUT2D eigenvalue weighted by atomic mass is 10.2. The van der Waals surface area contributed by atoms with Crippen LogP contribution in [0.15, 0.2) is 111 Å². The molecule has 0 saturated carbocycles.